The first-order valence-corrected chi connectivity index (χ1v) is 7.06. The van der Waals surface area contributed by atoms with Gasteiger partial charge in [-0.05, 0) is 31.0 Å². The molecule has 1 atom stereocenters. The molecule has 1 rings (SSSR count). The quantitative estimate of drug-likeness (QED) is 0.388. The van der Waals surface area contributed by atoms with E-state index in [1.165, 1.54) is 0 Å². The van der Waals surface area contributed by atoms with Crippen LogP contribution in [0.2, 0.25) is 5.02 Å². The minimum Gasteiger partial charge on any atom is -0.386 e. The van der Waals surface area contributed by atoms with Crippen LogP contribution in [0.25, 0.3) is 0 Å². The Bertz CT molecular complexity index is 409. The lowest BCUT2D eigenvalue weighted by Gasteiger charge is -2.10. The summed E-state index contributed by atoms with van der Waals surface area (Å²) in [5.74, 6) is 0.328. The van der Waals surface area contributed by atoms with E-state index in [9.17, 15) is 5.11 Å². The molecule has 1 aromatic carbocycles. The highest BCUT2D eigenvalue weighted by atomic mass is 35.5. The van der Waals surface area contributed by atoms with E-state index in [0.29, 0.717) is 24.1 Å². The second-order valence-electron chi connectivity index (χ2n) is 4.27. The lowest BCUT2D eigenvalue weighted by Crippen LogP contribution is -2.33. The lowest BCUT2D eigenvalue weighted by molar-refractivity contribution is 0.145. The first kappa shape index (κ1) is 16.8. The molecule has 0 bridgehead atoms. The number of nitrogens with one attached hydrogen (secondary N) is 1. The average Bonchev–Trinajstić information content (AvgIpc) is 2.45. The number of aliphatic imine (C=N–C) groups is 1. The van der Waals surface area contributed by atoms with Gasteiger partial charge in [0.25, 0.3) is 0 Å². The van der Waals surface area contributed by atoms with E-state index in [0.717, 1.165) is 18.6 Å². The Kier molecular flexibility index (Phi) is 8.02. The lowest BCUT2D eigenvalue weighted by atomic mass is 10.1. The summed E-state index contributed by atoms with van der Waals surface area (Å²) in [5.41, 5.74) is 6.47. The number of ether oxygens (including phenoxy) is 1. The zero-order valence-electron chi connectivity index (χ0n) is 11.7. The van der Waals surface area contributed by atoms with Crippen LogP contribution < -0.4 is 11.1 Å². The molecule has 0 saturated heterocycles. The number of nitrogens with two attached hydrogens (primary N) is 1. The Morgan fingerprint density at radius 3 is 2.80 bits per heavy atom. The predicted molar refractivity (Wildman–Crippen MR) is 82.0 cm³/mol. The summed E-state index contributed by atoms with van der Waals surface area (Å²) in [6.07, 6.45) is 0.181. The summed E-state index contributed by atoms with van der Waals surface area (Å²) in [6, 6.07) is 7.01. The summed E-state index contributed by atoms with van der Waals surface area (Å²) in [4.78, 5) is 4.10. The number of aliphatic hydroxyl groups is 1. The fraction of sp³-hybridized carbons (Fsp3) is 0.500. The maximum absolute atomic E-state index is 9.95. The van der Waals surface area contributed by atoms with Crippen LogP contribution in [0.4, 0.5) is 0 Å². The molecule has 0 aliphatic heterocycles. The van der Waals surface area contributed by atoms with Crippen molar-refractivity contribution in [3.63, 3.8) is 0 Å². The van der Waals surface area contributed by atoms with Crippen molar-refractivity contribution < 1.29 is 9.84 Å². The summed E-state index contributed by atoms with van der Waals surface area (Å²) < 4.78 is 5.21. The van der Waals surface area contributed by atoms with E-state index >= 15 is 0 Å². The molecule has 0 amide bonds. The van der Waals surface area contributed by atoms with Gasteiger partial charge in [0.2, 0.25) is 0 Å². The van der Waals surface area contributed by atoms with Crippen molar-refractivity contribution in [2.45, 2.75) is 19.4 Å². The van der Waals surface area contributed by atoms with Crippen LogP contribution in [0.3, 0.4) is 0 Å². The number of hydrogen-bond acceptors (Lipinski definition) is 3. The third-order valence-electron chi connectivity index (χ3n) is 2.67. The molecular weight excluding hydrogens is 278 g/mol. The molecule has 0 aliphatic rings. The Hall–Kier alpha value is -1.30. The van der Waals surface area contributed by atoms with Crippen LogP contribution in [0.5, 0.6) is 0 Å². The van der Waals surface area contributed by atoms with Gasteiger partial charge < -0.3 is 20.9 Å². The SMILES string of the molecule is CCOCCCNC(N)=NC[C@H](O)c1ccc(Cl)cc1. The number of hydrogen-bond donors (Lipinski definition) is 3. The van der Waals surface area contributed by atoms with Crippen molar-refractivity contribution in [1.82, 2.24) is 5.32 Å². The molecule has 5 nitrogen and oxygen atoms in total. The van der Waals surface area contributed by atoms with Crippen LogP contribution >= 0.6 is 11.6 Å². The Morgan fingerprint density at radius 2 is 2.15 bits per heavy atom. The normalized spacial score (nSPS) is 13.2. The van der Waals surface area contributed by atoms with Crippen molar-refractivity contribution in [1.29, 1.82) is 0 Å². The van der Waals surface area contributed by atoms with E-state index < -0.39 is 6.10 Å². The second kappa shape index (κ2) is 9.58. The smallest absolute Gasteiger partial charge is 0.188 e. The van der Waals surface area contributed by atoms with Crippen LogP contribution in [-0.2, 0) is 4.74 Å². The minimum atomic E-state index is -0.684. The van der Waals surface area contributed by atoms with E-state index in [1.807, 2.05) is 6.92 Å². The van der Waals surface area contributed by atoms with Gasteiger partial charge in [-0.25, -0.2) is 0 Å². The zero-order valence-corrected chi connectivity index (χ0v) is 12.4. The molecule has 0 aliphatic carbocycles. The monoisotopic (exact) mass is 299 g/mol. The number of rotatable bonds is 8. The standard InChI is InChI=1S/C14H22ClN3O2/c1-2-20-9-3-8-17-14(16)18-10-13(19)11-4-6-12(15)7-5-11/h4-7,13,19H,2-3,8-10H2,1H3,(H3,16,17,18)/t13-/m0/s1. The number of halogens is 1. The average molecular weight is 300 g/mol. The highest BCUT2D eigenvalue weighted by Crippen LogP contribution is 2.16. The number of nitrogens with zero attached hydrogens (tertiary/aromatic N) is 1. The van der Waals surface area contributed by atoms with Crippen molar-refractivity contribution in [3.05, 3.63) is 34.9 Å². The Labute approximate surface area is 124 Å². The molecule has 0 radical (unpaired) electrons. The van der Waals surface area contributed by atoms with Gasteiger partial charge in [-0.2, -0.15) is 0 Å². The van der Waals surface area contributed by atoms with Gasteiger partial charge in [0.1, 0.15) is 0 Å². The highest BCUT2D eigenvalue weighted by molar-refractivity contribution is 6.30. The summed E-state index contributed by atoms with van der Waals surface area (Å²) in [5, 5.41) is 13.6. The molecule has 6 heteroatoms. The first-order chi connectivity index (χ1) is 9.63. The van der Waals surface area contributed by atoms with Gasteiger partial charge in [-0.3, -0.25) is 4.99 Å². The van der Waals surface area contributed by atoms with Crippen molar-refractivity contribution in [2.24, 2.45) is 10.7 Å². The molecule has 1 aromatic rings. The number of benzene rings is 1. The maximum Gasteiger partial charge on any atom is 0.188 e. The van der Waals surface area contributed by atoms with Gasteiger partial charge in [-0.15, -0.1) is 0 Å². The molecule has 0 saturated carbocycles. The molecular formula is C14H22ClN3O2. The highest BCUT2D eigenvalue weighted by Gasteiger charge is 2.06. The van der Waals surface area contributed by atoms with Gasteiger partial charge >= 0.3 is 0 Å². The zero-order chi connectivity index (χ0) is 14.8. The fourth-order valence-corrected chi connectivity index (χ4v) is 1.69. The van der Waals surface area contributed by atoms with Crippen molar-refractivity contribution in [3.8, 4) is 0 Å². The third-order valence-corrected chi connectivity index (χ3v) is 2.92. The van der Waals surface area contributed by atoms with Gasteiger partial charge in [-0.1, -0.05) is 23.7 Å². The molecule has 20 heavy (non-hydrogen) atoms. The molecule has 4 N–H and O–H groups in total. The second-order valence-corrected chi connectivity index (χ2v) is 4.71. The van der Waals surface area contributed by atoms with E-state index in [-0.39, 0.29) is 6.54 Å². The molecule has 0 spiro atoms. The van der Waals surface area contributed by atoms with E-state index in [2.05, 4.69) is 10.3 Å². The minimum absolute atomic E-state index is 0.214. The number of aliphatic hydroxyl groups excluding tert-OH is 1. The van der Waals surface area contributed by atoms with Crippen LogP contribution in [-0.4, -0.2) is 37.4 Å². The first-order valence-electron chi connectivity index (χ1n) is 6.68. The van der Waals surface area contributed by atoms with E-state index in [4.69, 9.17) is 22.1 Å². The summed E-state index contributed by atoms with van der Waals surface area (Å²) >= 11 is 5.79. The van der Waals surface area contributed by atoms with Crippen molar-refractivity contribution >= 4 is 17.6 Å². The Balaban J connectivity index is 2.29. The Morgan fingerprint density at radius 1 is 1.45 bits per heavy atom. The predicted octanol–water partition coefficient (Wildman–Crippen LogP) is 1.70. The van der Waals surface area contributed by atoms with Crippen LogP contribution in [0.15, 0.2) is 29.3 Å². The topological polar surface area (TPSA) is 79.9 Å². The van der Waals surface area contributed by atoms with E-state index in [1.54, 1.807) is 24.3 Å². The maximum atomic E-state index is 9.95. The van der Waals surface area contributed by atoms with Crippen molar-refractivity contribution in [2.75, 3.05) is 26.3 Å². The largest absolute Gasteiger partial charge is 0.386 e. The fourth-order valence-electron chi connectivity index (χ4n) is 1.57. The molecule has 0 fully saturated rings. The molecule has 0 heterocycles. The van der Waals surface area contributed by atoms with Gasteiger partial charge in [0.15, 0.2) is 5.96 Å². The summed E-state index contributed by atoms with van der Waals surface area (Å²) in [7, 11) is 0. The molecule has 112 valence electrons. The third kappa shape index (κ3) is 6.75. The molecule has 0 unspecified atom stereocenters. The number of guanidine groups is 1. The van der Waals surface area contributed by atoms with Gasteiger partial charge in [0, 0.05) is 24.8 Å². The van der Waals surface area contributed by atoms with Crippen LogP contribution in [0.1, 0.15) is 25.0 Å². The summed E-state index contributed by atoms with van der Waals surface area (Å²) in [6.45, 7) is 4.29. The van der Waals surface area contributed by atoms with Gasteiger partial charge in [0.05, 0.1) is 12.6 Å². The van der Waals surface area contributed by atoms with Crippen LogP contribution in [0, 0.1) is 0 Å². The molecule has 0 aromatic heterocycles.